The lowest BCUT2D eigenvalue weighted by Gasteiger charge is -2.26. The number of nitro benzene ring substituents is 1. The molecule has 0 aromatic heterocycles. The summed E-state index contributed by atoms with van der Waals surface area (Å²) in [7, 11) is 1.68. The molecule has 0 fully saturated rings. The molecule has 24 heavy (non-hydrogen) atoms. The van der Waals surface area contributed by atoms with Crippen molar-refractivity contribution in [3.05, 3.63) is 69.8 Å². The highest BCUT2D eigenvalue weighted by molar-refractivity contribution is 5.84. The molecule has 0 radical (unpaired) electrons. The number of rotatable bonds is 6. The largest absolute Gasteiger partial charge is 0.507 e. The molecule has 0 aliphatic heterocycles. The number of nitrogens with zero attached hydrogens (tertiary/aromatic N) is 3. The van der Waals surface area contributed by atoms with Crippen molar-refractivity contribution in [1.29, 1.82) is 0 Å². The number of likely N-dealkylation sites (N-methyl/N-ethyl adjacent to an activating group) is 1. The fraction of sp³-hybridized carbons (Fsp3) is 0.235. The van der Waals surface area contributed by atoms with E-state index in [1.807, 2.05) is 37.3 Å². The lowest BCUT2D eigenvalue weighted by molar-refractivity contribution is -0.384. The van der Waals surface area contributed by atoms with Crippen molar-refractivity contribution < 1.29 is 15.1 Å². The molecule has 0 aliphatic carbocycles. The molecule has 7 nitrogen and oxygen atoms in total. The van der Waals surface area contributed by atoms with Crippen LogP contribution in [-0.2, 0) is 0 Å². The van der Waals surface area contributed by atoms with Crippen LogP contribution in [0.5, 0.6) is 5.75 Å². The van der Waals surface area contributed by atoms with Crippen molar-refractivity contribution in [2.24, 2.45) is 5.10 Å². The first kappa shape index (κ1) is 17.4. The minimum absolute atomic E-state index is 0.103. The maximum atomic E-state index is 10.8. The van der Waals surface area contributed by atoms with E-state index in [0.717, 1.165) is 5.56 Å². The van der Waals surface area contributed by atoms with Gasteiger partial charge in [-0.3, -0.25) is 15.1 Å². The number of aliphatic hydroxyl groups excluding tert-OH is 1. The van der Waals surface area contributed by atoms with Gasteiger partial charge >= 0.3 is 0 Å². The summed E-state index contributed by atoms with van der Waals surface area (Å²) in [5.41, 5.74) is 0.872. The standard InChI is InChI=1S/C17H19N3O4/c1-12(17(22)13-6-4-3-5-7-13)19(2)18-11-14-10-15(20(23)24)8-9-16(14)21/h3-12,17,21-22H,1-2H3/b18-11+/t12-,17-/m0/s1. The molecule has 7 heteroatoms. The summed E-state index contributed by atoms with van der Waals surface area (Å²) in [6, 6.07) is 12.6. The van der Waals surface area contributed by atoms with Gasteiger partial charge in [-0.2, -0.15) is 5.10 Å². The molecule has 0 aliphatic rings. The molecular formula is C17H19N3O4. The van der Waals surface area contributed by atoms with Gasteiger partial charge in [0, 0.05) is 24.7 Å². The number of hydrogen-bond acceptors (Lipinski definition) is 6. The van der Waals surface area contributed by atoms with Crippen LogP contribution < -0.4 is 0 Å². The number of non-ortho nitro benzene ring substituents is 1. The van der Waals surface area contributed by atoms with Crippen LogP contribution in [0.3, 0.4) is 0 Å². The number of aromatic hydroxyl groups is 1. The van der Waals surface area contributed by atoms with Crippen LogP contribution in [0.4, 0.5) is 5.69 Å². The third kappa shape index (κ3) is 4.08. The van der Waals surface area contributed by atoms with Gasteiger partial charge in [0.05, 0.1) is 17.2 Å². The second-order valence-corrected chi connectivity index (χ2v) is 5.41. The molecule has 0 bridgehead atoms. The second kappa shape index (κ2) is 7.56. The van der Waals surface area contributed by atoms with Crippen LogP contribution in [0.15, 0.2) is 53.6 Å². The highest BCUT2D eigenvalue weighted by Crippen LogP contribution is 2.23. The lowest BCUT2D eigenvalue weighted by Crippen LogP contribution is -2.30. The van der Waals surface area contributed by atoms with Gasteiger partial charge < -0.3 is 10.2 Å². The van der Waals surface area contributed by atoms with Gasteiger partial charge in [-0.1, -0.05) is 30.3 Å². The topological polar surface area (TPSA) is 99.2 Å². The zero-order valence-electron chi connectivity index (χ0n) is 13.4. The summed E-state index contributed by atoms with van der Waals surface area (Å²) < 4.78 is 0. The highest BCUT2D eigenvalue weighted by atomic mass is 16.6. The Balaban J connectivity index is 2.13. The molecule has 2 N–H and O–H groups in total. The zero-order valence-corrected chi connectivity index (χ0v) is 13.4. The first-order valence-electron chi connectivity index (χ1n) is 7.37. The highest BCUT2D eigenvalue weighted by Gasteiger charge is 2.19. The molecule has 2 aromatic rings. The van der Waals surface area contributed by atoms with E-state index in [2.05, 4.69) is 5.10 Å². The molecule has 0 saturated heterocycles. The van der Waals surface area contributed by atoms with Crippen molar-refractivity contribution >= 4 is 11.9 Å². The number of nitro groups is 1. The molecule has 0 spiro atoms. The zero-order chi connectivity index (χ0) is 17.7. The summed E-state index contributed by atoms with van der Waals surface area (Å²) in [6.45, 7) is 1.81. The fourth-order valence-electron chi connectivity index (χ4n) is 2.15. The van der Waals surface area contributed by atoms with E-state index in [4.69, 9.17) is 0 Å². The van der Waals surface area contributed by atoms with E-state index in [0.29, 0.717) is 0 Å². The Morgan fingerprint density at radius 3 is 2.54 bits per heavy atom. The minimum atomic E-state index is -0.743. The monoisotopic (exact) mass is 329 g/mol. The normalized spacial score (nSPS) is 13.6. The van der Waals surface area contributed by atoms with E-state index in [-0.39, 0.29) is 23.0 Å². The van der Waals surface area contributed by atoms with Gasteiger partial charge in [0.15, 0.2) is 0 Å². The minimum Gasteiger partial charge on any atom is -0.507 e. The van der Waals surface area contributed by atoms with E-state index in [1.54, 1.807) is 7.05 Å². The van der Waals surface area contributed by atoms with E-state index in [1.165, 1.54) is 29.4 Å². The molecule has 0 unspecified atom stereocenters. The van der Waals surface area contributed by atoms with Crippen LogP contribution in [0.1, 0.15) is 24.2 Å². The summed E-state index contributed by atoms with van der Waals surface area (Å²) in [5, 5.41) is 36.6. The van der Waals surface area contributed by atoms with Crippen LogP contribution in [-0.4, -0.2) is 39.4 Å². The van der Waals surface area contributed by atoms with E-state index in [9.17, 15) is 20.3 Å². The Kier molecular flexibility index (Phi) is 5.49. The van der Waals surface area contributed by atoms with Gasteiger partial charge in [-0.15, -0.1) is 0 Å². The smallest absolute Gasteiger partial charge is 0.270 e. The maximum Gasteiger partial charge on any atom is 0.270 e. The molecule has 0 amide bonds. The van der Waals surface area contributed by atoms with Crippen molar-refractivity contribution in [3.8, 4) is 5.75 Å². The third-order valence-electron chi connectivity index (χ3n) is 3.79. The molecule has 2 rings (SSSR count). The molecule has 0 saturated carbocycles. The summed E-state index contributed by atoms with van der Waals surface area (Å²) in [5.74, 6) is -0.103. The number of hydrazone groups is 1. The van der Waals surface area contributed by atoms with Crippen LogP contribution in [0.25, 0.3) is 0 Å². The predicted octanol–water partition coefficient (Wildman–Crippen LogP) is 2.69. The SMILES string of the molecule is C[C@@H]([C@H](O)c1ccccc1)N(C)/N=C/c1cc([N+](=O)[O-])ccc1O. The fourth-order valence-corrected chi connectivity index (χ4v) is 2.15. The van der Waals surface area contributed by atoms with Gasteiger partial charge in [0.25, 0.3) is 5.69 Å². The van der Waals surface area contributed by atoms with Crippen LogP contribution in [0, 0.1) is 10.1 Å². The van der Waals surface area contributed by atoms with Gasteiger partial charge in [0.1, 0.15) is 11.9 Å². The Morgan fingerprint density at radius 2 is 1.92 bits per heavy atom. The molecule has 2 aromatic carbocycles. The average molecular weight is 329 g/mol. The number of hydrogen-bond donors (Lipinski definition) is 2. The number of phenols is 1. The molecule has 0 heterocycles. The van der Waals surface area contributed by atoms with Crippen molar-refractivity contribution in [3.63, 3.8) is 0 Å². The Labute approximate surface area is 139 Å². The lowest BCUT2D eigenvalue weighted by atomic mass is 10.0. The third-order valence-corrected chi connectivity index (χ3v) is 3.79. The average Bonchev–Trinajstić information content (AvgIpc) is 2.60. The molecule has 2 atom stereocenters. The van der Waals surface area contributed by atoms with Crippen LogP contribution in [0.2, 0.25) is 0 Å². The van der Waals surface area contributed by atoms with E-state index < -0.39 is 11.0 Å². The van der Waals surface area contributed by atoms with Crippen molar-refractivity contribution in [1.82, 2.24) is 5.01 Å². The molecule has 126 valence electrons. The first-order chi connectivity index (χ1) is 11.4. The summed E-state index contributed by atoms with van der Waals surface area (Å²) >= 11 is 0. The van der Waals surface area contributed by atoms with Gasteiger partial charge in [-0.25, -0.2) is 0 Å². The Morgan fingerprint density at radius 1 is 1.25 bits per heavy atom. The predicted molar refractivity (Wildman–Crippen MR) is 91.0 cm³/mol. The molecular weight excluding hydrogens is 310 g/mol. The quantitative estimate of drug-likeness (QED) is 0.482. The summed E-state index contributed by atoms with van der Waals surface area (Å²) in [6.07, 6.45) is 0.586. The first-order valence-corrected chi connectivity index (χ1v) is 7.37. The number of benzene rings is 2. The Bertz CT molecular complexity index is 734. The van der Waals surface area contributed by atoms with Crippen LogP contribution >= 0.6 is 0 Å². The van der Waals surface area contributed by atoms with E-state index >= 15 is 0 Å². The Hall–Kier alpha value is -2.93. The van der Waals surface area contributed by atoms with Gasteiger partial charge in [0.2, 0.25) is 0 Å². The number of aliphatic hydroxyl groups is 1. The second-order valence-electron chi connectivity index (χ2n) is 5.41. The summed E-state index contributed by atoms with van der Waals surface area (Å²) in [4.78, 5) is 10.3. The van der Waals surface area contributed by atoms with Gasteiger partial charge in [-0.05, 0) is 18.6 Å². The number of phenolic OH excluding ortho intramolecular Hbond substituents is 1. The maximum absolute atomic E-state index is 10.8. The van der Waals surface area contributed by atoms with Crippen molar-refractivity contribution in [2.45, 2.75) is 19.1 Å². The van der Waals surface area contributed by atoms with Crippen molar-refractivity contribution in [2.75, 3.05) is 7.05 Å².